The van der Waals surface area contributed by atoms with E-state index in [1.165, 1.54) is 0 Å². The second kappa shape index (κ2) is 8.59. The summed E-state index contributed by atoms with van der Waals surface area (Å²) in [6.45, 7) is 7.70. The lowest BCUT2D eigenvalue weighted by molar-refractivity contribution is 0.0699. The van der Waals surface area contributed by atoms with Gasteiger partial charge in [0.05, 0.1) is 30.6 Å². The lowest BCUT2D eigenvalue weighted by Gasteiger charge is -2.39. The molecule has 1 saturated carbocycles. The van der Waals surface area contributed by atoms with Crippen molar-refractivity contribution in [1.29, 1.82) is 0 Å². The Morgan fingerprint density at radius 2 is 1.83 bits per heavy atom. The van der Waals surface area contributed by atoms with Crippen molar-refractivity contribution in [3.05, 3.63) is 59.2 Å². The number of methoxy groups -OCH3 is 2. The van der Waals surface area contributed by atoms with Crippen LogP contribution in [0.3, 0.4) is 0 Å². The van der Waals surface area contributed by atoms with Gasteiger partial charge in [0.15, 0.2) is 0 Å². The van der Waals surface area contributed by atoms with Crippen LogP contribution in [-0.4, -0.2) is 47.4 Å². The van der Waals surface area contributed by atoms with Crippen LogP contribution in [0, 0.1) is 10.8 Å². The Morgan fingerprint density at radius 3 is 2.54 bits per heavy atom. The molecule has 35 heavy (non-hydrogen) atoms. The summed E-state index contributed by atoms with van der Waals surface area (Å²) in [5.74, 6) is 1.30. The van der Waals surface area contributed by atoms with Crippen LogP contribution in [0.2, 0.25) is 5.02 Å². The predicted octanol–water partition coefficient (Wildman–Crippen LogP) is 6.25. The number of hydrogen-bond acceptors (Lipinski definition) is 4. The van der Waals surface area contributed by atoms with E-state index in [9.17, 15) is 4.79 Å². The number of halogens is 1. The largest absolute Gasteiger partial charge is 0.497 e. The van der Waals surface area contributed by atoms with E-state index in [0.29, 0.717) is 33.6 Å². The number of hydrogen-bond donors (Lipinski definition) is 0. The first-order valence-corrected chi connectivity index (χ1v) is 12.4. The summed E-state index contributed by atoms with van der Waals surface area (Å²) in [5, 5.41) is 5.40. The minimum Gasteiger partial charge on any atom is -0.497 e. The number of likely N-dealkylation sites (tertiary alicyclic amines) is 1. The van der Waals surface area contributed by atoms with Gasteiger partial charge in [-0.15, -0.1) is 0 Å². The molecule has 2 aliphatic rings. The minimum atomic E-state index is -0.0115. The summed E-state index contributed by atoms with van der Waals surface area (Å²) in [5.41, 5.74) is 2.95. The zero-order valence-corrected chi connectivity index (χ0v) is 21.7. The van der Waals surface area contributed by atoms with Crippen LogP contribution < -0.4 is 9.47 Å². The quantitative estimate of drug-likeness (QED) is 0.421. The molecule has 2 aromatic carbocycles. The average Bonchev–Trinajstić information content (AvgIpc) is 3.36. The second-order valence-corrected chi connectivity index (χ2v) is 11.4. The lowest BCUT2D eigenvalue weighted by Crippen LogP contribution is -2.38. The van der Waals surface area contributed by atoms with Gasteiger partial charge in [-0.1, -0.05) is 44.5 Å². The third-order valence-corrected chi connectivity index (χ3v) is 7.69. The van der Waals surface area contributed by atoms with Crippen LogP contribution in [0.4, 0.5) is 0 Å². The van der Waals surface area contributed by atoms with Gasteiger partial charge in [-0.2, -0.15) is 5.10 Å². The second-order valence-electron chi connectivity index (χ2n) is 11.0. The van der Waals surface area contributed by atoms with E-state index < -0.39 is 0 Å². The summed E-state index contributed by atoms with van der Waals surface area (Å²) in [6, 6.07) is 15.1. The molecule has 2 atom stereocenters. The maximum absolute atomic E-state index is 14.1. The topological polar surface area (TPSA) is 56.6 Å². The predicted molar refractivity (Wildman–Crippen MR) is 138 cm³/mol. The van der Waals surface area contributed by atoms with Crippen molar-refractivity contribution < 1.29 is 14.3 Å². The number of ether oxygens (including phenoxy) is 2. The maximum Gasteiger partial charge on any atom is 0.272 e. The molecule has 0 radical (unpaired) electrons. The number of rotatable bonds is 5. The highest BCUT2D eigenvalue weighted by molar-refractivity contribution is 6.32. The zero-order chi connectivity index (χ0) is 25.0. The van der Waals surface area contributed by atoms with E-state index in [1.807, 2.05) is 48.5 Å². The Bertz CT molecular complexity index is 1280. The summed E-state index contributed by atoms with van der Waals surface area (Å²) in [7, 11) is 3.23. The van der Waals surface area contributed by atoms with Gasteiger partial charge in [0.1, 0.15) is 17.2 Å². The molecule has 1 saturated heterocycles. The highest BCUT2D eigenvalue weighted by Crippen LogP contribution is 2.52. The number of amides is 1. The molecule has 2 fully saturated rings. The summed E-state index contributed by atoms with van der Waals surface area (Å²) in [6.07, 6.45) is 3.17. The van der Waals surface area contributed by atoms with Crippen molar-refractivity contribution in [3.8, 4) is 28.4 Å². The van der Waals surface area contributed by atoms with Crippen molar-refractivity contribution in [2.24, 2.45) is 10.8 Å². The van der Waals surface area contributed by atoms with E-state index in [-0.39, 0.29) is 22.8 Å². The highest BCUT2D eigenvalue weighted by Gasteiger charge is 2.51. The van der Waals surface area contributed by atoms with Gasteiger partial charge >= 0.3 is 0 Å². The van der Waals surface area contributed by atoms with Gasteiger partial charge < -0.3 is 14.4 Å². The number of carbonyl (C=O) groups is 1. The fourth-order valence-corrected chi connectivity index (χ4v) is 6.54. The van der Waals surface area contributed by atoms with E-state index in [0.717, 1.165) is 31.4 Å². The molecule has 0 spiro atoms. The molecule has 3 aromatic rings. The molecular weight excluding hydrogens is 462 g/mol. The molecule has 2 bridgehead atoms. The van der Waals surface area contributed by atoms with Crippen LogP contribution in [0.25, 0.3) is 16.9 Å². The van der Waals surface area contributed by atoms with Crippen LogP contribution in [0.5, 0.6) is 11.5 Å². The average molecular weight is 494 g/mol. The van der Waals surface area contributed by atoms with Crippen LogP contribution in [-0.2, 0) is 0 Å². The molecule has 7 heteroatoms. The number of aromatic nitrogens is 2. The van der Waals surface area contributed by atoms with Gasteiger partial charge in [-0.25, -0.2) is 4.68 Å². The van der Waals surface area contributed by atoms with Crippen molar-refractivity contribution >= 4 is 17.5 Å². The Hall–Kier alpha value is -2.99. The molecular formula is C28H32ClN3O3. The van der Waals surface area contributed by atoms with E-state index >= 15 is 0 Å². The Morgan fingerprint density at radius 1 is 1.06 bits per heavy atom. The molecule has 2 heterocycles. The molecule has 1 amide bonds. The smallest absolute Gasteiger partial charge is 0.272 e. The Labute approximate surface area is 211 Å². The SMILES string of the molecule is COc1ccc(-c2cc(C(=O)N3CC4(C)CC3CC(C)(C)C4)n(-c3ccccc3Cl)n2)c(OC)c1. The van der Waals surface area contributed by atoms with E-state index in [1.54, 1.807) is 18.9 Å². The third-order valence-electron chi connectivity index (χ3n) is 7.37. The highest BCUT2D eigenvalue weighted by atomic mass is 35.5. The third kappa shape index (κ3) is 4.29. The lowest BCUT2D eigenvalue weighted by atomic mass is 9.65. The van der Waals surface area contributed by atoms with Gasteiger partial charge in [0.2, 0.25) is 0 Å². The minimum absolute atomic E-state index is 0.0115. The molecule has 184 valence electrons. The van der Waals surface area contributed by atoms with Gasteiger partial charge in [-0.3, -0.25) is 4.79 Å². The van der Waals surface area contributed by atoms with Gasteiger partial charge in [0.25, 0.3) is 5.91 Å². The monoisotopic (exact) mass is 493 g/mol. The maximum atomic E-state index is 14.1. The fourth-order valence-electron chi connectivity index (χ4n) is 6.33. The normalized spacial score (nSPS) is 22.8. The molecule has 1 aliphatic carbocycles. The number of nitrogens with zero attached hydrogens (tertiary/aromatic N) is 3. The van der Waals surface area contributed by atoms with Crippen LogP contribution >= 0.6 is 11.6 Å². The Balaban J connectivity index is 1.61. The van der Waals surface area contributed by atoms with Crippen molar-refractivity contribution in [2.75, 3.05) is 20.8 Å². The molecule has 0 N–H and O–H groups in total. The first-order chi connectivity index (χ1) is 16.6. The number of fused-ring (bicyclic) bond motifs is 2. The van der Waals surface area contributed by atoms with E-state index in [2.05, 4.69) is 25.7 Å². The van der Waals surface area contributed by atoms with Crippen molar-refractivity contribution in [3.63, 3.8) is 0 Å². The Kier molecular flexibility index (Phi) is 5.83. The fraction of sp³-hybridized carbons (Fsp3) is 0.429. The first-order valence-electron chi connectivity index (χ1n) is 12.0. The standard InChI is InChI=1S/C28H32ClN3O3/c1-27(2)14-18-15-28(3,16-27)17-31(18)26(33)24-13-22(20-11-10-19(34-4)12-25(20)35-5)30-32(24)23-9-7-6-8-21(23)29/h6-13,18H,14-17H2,1-5H3. The molecule has 1 aliphatic heterocycles. The van der Waals surface area contributed by atoms with Crippen molar-refractivity contribution in [2.45, 2.75) is 46.1 Å². The summed E-state index contributed by atoms with van der Waals surface area (Å²) in [4.78, 5) is 16.2. The van der Waals surface area contributed by atoms with Crippen LogP contribution in [0.1, 0.15) is 50.5 Å². The van der Waals surface area contributed by atoms with Gasteiger partial charge in [0, 0.05) is 24.2 Å². The summed E-state index contributed by atoms with van der Waals surface area (Å²) < 4.78 is 12.7. The summed E-state index contributed by atoms with van der Waals surface area (Å²) >= 11 is 6.57. The molecule has 6 nitrogen and oxygen atoms in total. The number of para-hydroxylation sites is 1. The van der Waals surface area contributed by atoms with Crippen molar-refractivity contribution in [1.82, 2.24) is 14.7 Å². The van der Waals surface area contributed by atoms with Gasteiger partial charge in [-0.05, 0) is 60.4 Å². The molecule has 5 rings (SSSR count). The number of benzene rings is 2. The number of carbonyl (C=O) groups excluding carboxylic acids is 1. The molecule has 1 aromatic heterocycles. The molecule has 2 unspecified atom stereocenters. The zero-order valence-electron chi connectivity index (χ0n) is 21.0. The van der Waals surface area contributed by atoms with E-state index in [4.69, 9.17) is 26.2 Å². The first kappa shape index (κ1) is 23.7. The van der Waals surface area contributed by atoms with Crippen LogP contribution in [0.15, 0.2) is 48.5 Å².